The fourth-order valence-corrected chi connectivity index (χ4v) is 4.25. The number of hydrogen-bond donors (Lipinski definition) is 1. The number of nitrogens with zero attached hydrogens (tertiary/aromatic N) is 1. The summed E-state index contributed by atoms with van der Waals surface area (Å²) >= 11 is 0. The molecule has 2 aromatic carbocycles. The Morgan fingerprint density at radius 2 is 1.77 bits per heavy atom. The minimum atomic E-state index is -3.41. The highest BCUT2D eigenvalue weighted by molar-refractivity contribution is 7.92. The molecule has 0 unspecified atom stereocenters. The lowest BCUT2D eigenvalue weighted by molar-refractivity contribution is -0.121. The van der Waals surface area contributed by atoms with Crippen LogP contribution in [0.4, 0.5) is 5.69 Å². The van der Waals surface area contributed by atoms with Gasteiger partial charge >= 0.3 is 0 Å². The first kappa shape index (κ1) is 24.5. The van der Waals surface area contributed by atoms with E-state index in [1.807, 2.05) is 43.3 Å². The average molecular weight is 449 g/mol. The van der Waals surface area contributed by atoms with E-state index in [9.17, 15) is 13.2 Å². The molecule has 0 aliphatic carbocycles. The fraction of sp³-hybridized carbons (Fsp3) is 0.435. The summed E-state index contributed by atoms with van der Waals surface area (Å²) in [6.07, 6.45) is 3.50. The smallest absolute Gasteiger partial charge is 0.232 e. The van der Waals surface area contributed by atoms with E-state index < -0.39 is 10.0 Å². The Kier molecular flexibility index (Phi) is 9.18. The van der Waals surface area contributed by atoms with Crippen molar-refractivity contribution < 1.29 is 22.7 Å². The molecule has 170 valence electrons. The maximum absolute atomic E-state index is 12.2. The third-order valence-corrected chi connectivity index (χ3v) is 6.06. The zero-order chi connectivity index (χ0) is 22.9. The summed E-state index contributed by atoms with van der Waals surface area (Å²) < 4.78 is 36.2. The van der Waals surface area contributed by atoms with Gasteiger partial charge in [-0.05, 0) is 61.6 Å². The van der Waals surface area contributed by atoms with Crippen molar-refractivity contribution in [3.8, 4) is 11.5 Å². The summed E-state index contributed by atoms with van der Waals surface area (Å²) in [5.74, 6) is 1.30. The van der Waals surface area contributed by atoms with Crippen LogP contribution in [0, 0.1) is 6.92 Å². The van der Waals surface area contributed by atoms with Crippen LogP contribution >= 0.6 is 0 Å². The number of carbonyl (C=O) groups excluding carboxylic acids is 1. The summed E-state index contributed by atoms with van der Waals surface area (Å²) in [5, 5.41) is 2.90. The SMILES string of the molecule is COc1ccc(CCCNC(=O)CCCN(c2cccc(C)c2)S(C)(=O)=O)cc1OC. The van der Waals surface area contributed by atoms with E-state index in [-0.39, 0.29) is 18.9 Å². The van der Waals surface area contributed by atoms with Crippen molar-refractivity contribution in [3.05, 3.63) is 53.6 Å². The Labute approximate surface area is 185 Å². The lowest BCUT2D eigenvalue weighted by Crippen LogP contribution is -2.32. The zero-order valence-corrected chi connectivity index (χ0v) is 19.5. The summed E-state index contributed by atoms with van der Waals surface area (Å²) in [6, 6.07) is 13.1. The highest BCUT2D eigenvalue weighted by atomic mass is 32.2. The molecule has 0 saturated heterocycles. The molecule has 1 N–H and O–H groups in total. The Balaban J connectivity index is 1.76. The lowest BCUT2D eigenvalue weighted by atomic mass is 10.1. The van der Waals surface area contributed by atoms with Gasteiger partial charge in [0.25, 0.3) is 0 Å². The fourth-order valence-electron chi connectivity index (χ4n) is 3.30. The average Bonchev–Trinajstić information content (AvgIpc) is 2.73. The molecule has 0 saturated carbocycles. The molecule has 0 spiro atoms. The van der Waals surface area contributed by atoms with Crippen LogP contribution in [0.15, 0.2) is 42.5 Å². The van der Waals surface area contributed by atoms with E-state index in [4.69, 9.17) is 9.47 Å². The van der Waals surface area contributed by atoms with Gasteiger partial charge < -0.3 is 14.8 Å². The van der Waals surface area contributed by atoms with E-state index in [1.54, 1.807) is 20.3 Å². The molecule has 0 heterocycles. The normalized spacial score (nSPS) is 11.1. The molecular formula is C23H32N2O5S. The van der Waals surface area contributed by atoms with Gasteiger partial charge in [-0.2, -0.15) is 0 Å². The van der Waals surface area contributed by atoms with E-state index in [1.165, 1.54) is 10.6 Å². The largest absolute Gasteiger partial charge is 0.493 e. The Hall–Kier alpha value is -2.74. The number of anilines is 1. The van der Waals surface area contributed by atoms with Gasteiger partial charge in [-0.1, -0.05) is 18.2 Å². The van der Waals surface area contributed by atoms with Gasteiger partial charge in [-0.25, -0.2) is 8.42 Å². The first-order valence-electron chi connectivity index (χ1n) is 10.3. The number of nitrogens with one attached hydrogen (secondary N) is 1. The molecule has 0 fully saturated rings. The molecule has 0 aromatic heterocycles. The number of rotatable bonds is 12. The van der Waals surface area contributed by atoms with Crippen molar-refractivity contribution >= 4 is 21.6 Å². The lowest BCUT2D eigenvalue weighted by Gasteiger charge is -2.22. The molecule has 0 atom stereocenters. The van der Waals surface area contributed by atoms with E-state index in [2.05, 4.69) is 5.32 Å². The van der Waals surface area contributed by atoms with Crippen molar-refractivity contribution in [2.45, 2.75) is 32.6 Å². The summed E-state index contributed by atoms with van der Waals surface area (Å²) in [4.78, 5) is 12.1. The molecule has 0 aliphatic rings. The van der Waals surface area contributed by atoms with Gasteiger partial charge in [0.05, 0.1) is 26.2 Å². The van der Waals surface area contributed by atoms with Crippen molar-refractivity contribution in [2.24, 2.45) is 0 Å². The Bertz CT molecular complexity index is 976. The van der Waals surface area contributed by atoms with Crippen LogP contribution in [0.2, 0.25) is 0 Å². The summed E-state index contributed by atoms with van der Waals surface area (Å²) in [6.45, 7) is 2.74. The van der Waals surface area contributed by atoms with E-state index >= 15 is 0 Å². The molecule has 8 heteroatoms. The van der Waals surface area contributed by atoms with Crippen molar-refractivity contribution in [1.29, 1.82) is 0 Å². The molecule has 1 amide bonds. The monoisotopic (exact) mass is 448 g/mol. The molecule has 0 bridgehead atoms. The Morgan fingerprint density at radius 1 is 1.03 bits per heavy atom. The van der Waals surface area contributed by atoms with Crippen LogP contribution < -0.4 is 19.1 Å². The van der Waals surface area contributed by atoms with E-state index in [0.29, 0.717) is 30.2 Å². The predicted molar refractivity (Wildman–Crippen MR) is 123 cm³/mol. The Morgan fingerprint density at radius 3 is 2.42 bits per heavy atom. The van der Waals surface area contributed by atoms with Crippen LogP contribution in [-0.2, 0) is 21.2 Å². The number of ether oxygens (including phenoxy) is 2. The second kappa shape index (κ2) is 11.6. The van der Waals surface area contributed by atoms with Gasteiger partial charge in [0.1, 0.15) is 0 Å². The predicted octanol–water partition coefficient (Wildman–Crippen LogP) is 3.31. The van der Waals surface area contributed by atoms with Crippen LogP contribution in [0.5, 0.6) is 11.5 Å². The van der Waals surface area contributed by atoms with Crippen LogP contribution in [0.25, 0.3) is 0 Å². The van der Waals surface area contributed by atoms with Gasteiger partial charge in [0, 0.05) is 19.5 Å². The van der Waals surface area contributed by atoms with Gasteiger partial charge in [-0.3, -0.25) is 9.10 Å². The summed E-state index contributed by atoms with van der Waals surface area (Å²) in [7, 11) is -0.209. The van der Waals surface area contributed by atoms with Crippen LogP contribution in [-0.4, -0.2) is 47.9 Å². The highest BCUT2D eigenvalue weighted by Crippen LogP contribution is 2.27. The van der Waals surface area contributed by atoms with E-state index in [0.717, 1.165) is 24.0 Å². The highest BCUT2D eigenvalue weighted by Gasteiger charge is 2.17. The number of amides is 1. The number of hydrogen-bond acceptors (Lipinski definition) is 5. The van der Waals surface area contributed by atoms with Crippen LogP contribution in [0.1, 0.15) is 30.4 Å². The zero-order valence-electron chi connectivity index (χ0n) is 18.7. The van der Waals surface area contributed by atoms with Gasteiger partial charge in [0.15, 0.2) is 11.5 Å². The standard InChI is InChI=1S/C23H32N2O5S/c1-18-8-5-10-20(16-18)25(31(4,27)28)15-7-11-23(26)24-14-6-9-19-12-13-21(29-2)22(17-19)30-3/h5,8,10,12-13,16-17H,6-7,9,11,14-15H2,1-4H3,(H,24,26). The van der Waals surface area contributed by atoms with Crippen molar-refractivity contribution in [2.75, 3.05) is 37.9 Å². The summed E-state index contributed by atoms with van der Waals surface area (Å²) in [5.41, 5.74) is 2.71. The molecule has 0 radical (unpaired) electrons. The van der Waals surface area contributed by atoms with Gasteiger partial charge in [0.2, 0.25) is 15.9 Å². The number of sulfonamides is 1. The first-order chi connectivity index (χ1) is 14.7. The third-order valence-electron chi connectivity index (χ3n) is 4.87. The minimum Gasteiger partial charge on any atom is -0.493 e. The first-order valence-corrected chi connectivity index (χ1v) is 12.1. The second-order valence-electron chi connectivity index (χ2n) is 7.42. The molecule has 2 rings (SSSR count). The topological polar surface area (TPSA) is 84.9 Å². The molecular weight excluding hydrogens is 416 g/mol. The second-order valence-corrected chi connectivity index (χ2v) is 9.33. The minimum absolute atomic E-state index is 0.0787. The van der Waals surface area contributed by atoms with Crippen molar-refractivity contribution in [3.63, 3.8) is 0 Å². The third kappa shape index (κ3) is 7.79. The number of carbonyl (C=O) groups is 1. The number of benzene rings is 2. The van der Waals surface area contributed by atoms with Gasteiger partial charge in [-0.15, -0.1) is 0 Å². The molecule has 0 aliphatic heterocycles. The molecule has 31 heavy (non-hydrogen) atoms. The molecule has 2 aromatic rings. The molecule has 7 nitrogen and oxygen atoms in total. The maximum Gasteiger partial charge on any atom is 0.232 e. The van der Waals surface area contributed by atoms with Crippen molar-refractivity contribution in [1.82, 2.24) is 5.32 Å². The van der Waals surface area contributed by atoms with Crippen LogP contribution in [0.3, 0.4) is 0 Å². The maximum atomic E-state index is 12.2. The quantitative estimate of drug-likeness (QED) is 0.504. The number of aryl methyl sites for hydroxylation is 2. The number of methoxy groups -OCH3 is 2.